The summed E-state index contributed by atoms with van der Waals surface area (Å²) in [4.78, 5) is 12.0. The molecule has 2 heterocycles. The molecule has 0 fully saturated rings. The SMILES string of the molecule is CCCc1noc2c1C(=O)NC(C(C)(C)C)N2. The van der Waals surface area contributed by atoms with Crippen LogP contribution in [0.1, 0.15) is 50.2 Å². The number of nitrogens with one attached hydrogen (secondary N) is 2. The Morgan fingerprint density at radius 2 is 2.06 bits per heavy atom. The molecular weight excluding hydrogens is 218 g/mol. The topological polar surface area (TPSA) is 67.2 Å². The average Bonchev–Trinajstić information content (AvgIpc) is 2.61. The van der Waals surface area contributed by atoms with Gasteiger partial charge in [0.25, 0.3) is 5.91 Å². The molecule has 1 atom stereocenters. The standard InChI is InChI=1S/C12H19N3O2/c1-5-6-7-8-9(16)13-11(12(2,3)4)14-10(8)17-15-7/h11,14H,5-6H2,1-4H3,(H,13,16). The number of hydrogen-bond donors (Lipinski definition) is 2. The predicted molar refractivity (Wildman–Crippen MR) is 64.8 cm³/mol. The molecule has 0 saturated carbocycles. The van der Waals surface area contributed by atoms with Crippen LogP contribution < -0.4 is 10.6 Å². The van der Waals surface area contributed by atoms with E-state index in [1.165, 1.54) is 0 Å². The van der Waals surface area contributed by atoms with E-state index in [0.717, 1.165) is 18.5 Å². The summed E-state index contributed by atoms with van der Waals surface area (Å²) in [5, 5.41) is 10.1. The number of anilines is 1. The largest absolute Gasteiger partial charge is 0.338 e. The molecule has 0 saturated heterocycles. The quantitative estimate of drug-likeness (QED) is 0.827. The fourth-order valence-corrected chi connectivity index (χ4v) is 1.87. The molecule has 1 aliphatic heterocycles. The molecule has 2 N–H and O–H groups in total. The number of aromatic nitrogens is 1. The van der Waals surface area contributed by atoms with Crippen LogP contribution >= 0.6 is 0 Å². The smallest absolute Gasteiger partial charge is 0.260 e. The van der Waals surface area contributed by atoms with Crippen molar-refractivity contribution in [2.45, 2.75) is 46.7 Å². The lowest BCUT2D eigenvalue weighted by Crippen LogP contribution is -2.52. The first-order valence-electron chi connectivity index (χ1n) is 5.99. The Hall–Kier alpha value is -1.52. The number of carbonyl (C=O) groups is 1. The molecule has 0 aliphatic carbocycles. The van der Waals surface area contributed by atoms with Crippen molar-refractivity contribution in [2.24, 2.45) is 5.41 Å². The van der Waals surface area contributed by atoms with Gasteiger partial charge < -0.3 is 15.2 Å². The molecule has 1 unspecified atom stereocenters. The van der Waals surface area contributed by atoms with Gasteiger partial charge in [-0.3, -0.25) is 4.79 Å². The number of nitrogens with zero attached hydrogens (tertiary/aromatic N) is 1. The summed E-state index contributed by atoms with van der Waals surface area (Å²) in [6.07, 6.45) is 1.56. The van der Waals surface area contributed by atoms with Crippen LogP contribution in [0.2, 0.25) is 0 Å². The number of carbonyl (C=O) groups excluding carboxylic acids is 1. The van der Waals surface area contributed by atoms with Crippen molar-refractivity contribution in [1.29, 1.82) is 0 Å². The Morgan fingerprint density at radius 3 is 2.65 bits per heavy atom. The highest BCUT2D eigenvalue weighted by Gasteiger charge is 2.36. The van der Waals surface area contributed by atoms with Gasteiger partial charge >= 0.3 is 0 Å². The summed E-state index contributed by atoms with van der Waals surface area (Å²) in [7, 11) is 0. The second kappa shape index (κ2) is 4.05. The zero-order valence-corrected chi connectivity index (χ0v) is 10.8. The molecule has 0 bridgehead atoms. The first-order valence-corrected chi connectivity index (χ1v) is 5.99. The maximum atomic E-state index is 12.0. The molecular formula is C12H19N3O2. The van der Waals surface area contributed by atoms with E-state index in [4.69, 9.17) is 4.52 Å². The number of rotatable bonds is 2. The Labute approximate surface area is 101 Å². The van der Waals surface area contributed by atoms with E-state index >= 15 is 0 Å². The number of fused-ring (bicyclic) bond motifs is 1. The van der Waals surface area contributed by atoms with Crippen molar-refractivity contribution in [3.8, 4) is 0 Å². The molecule has 1 aromatic heterocycles. The fraction of sp³-hybridized carbons (Fsp3) is 0.667. The minimum Gasteiger partial charge on any atom is -0.338 e. The van der Waals surface area contributed by atoms with Crippen molar-refractivity contribution in [2.75, 3.05) is 5.32 Å². The molecule has 17 heavy (non-hydrogen) atoms. The van der Waals surface area contributed by atoms with Gasteiger partial charge in [-0.15, -0.1) is 0 Å². The number of amides is 1. The van der Waals surface area contributed by atoms with Gasteiger partial charge in [-0.2, -0.15) is 0 Å². The van der Waals surface area contributed by atoms with Crippen LogP contribution in [0.5, 0.6) is 0 Å². The van der Waals surface area contributed by atoms with E-state index in [-0.39, 0.29) is 17.5 Å². The first kappa shape index (κ1) is 12.0. The molecule has 1 amide bonds. The number of hydrogen-bond acceptors (Lipinski definition) is 4. The first-order chi connectivity index (χ1) is 7.93. The van der Waals surface area contributed by atoms with E-state index in [0.29, 0.717) is 11.4 Å². The Bertz CT molecular complexity index is 431. The molecule has 5 nitrogen and oxygen atoms in total. The maximum absolute atomic E-state index is 12.0. The Morgan fingerprint density at radius 1 is 1.35 bits per heavy atom. The van der Waals surface area contributed by atoms with Crippen LogP contribution in [0.25, 0.3) is 0 Å². The molecule has 5 heteroatoms. The van der Waals surface area contributed by atoms with Crippen molar-refractivity contribution in [3.63, 3.8) is 0 Å². The van der Waals surface area contributed by atoms with Crippen LogP contribution in [0.3, 0.4) is 0 Å². The summed E-state index contributed by atoms with van der Waals surface area (Å²) in [6, 6.07) is 0. The predicted octanol–water partition coefficient (Wildman–Crippen LogP) is 2.15. The van der Waals surface area contributed by atoms with Crippen LogP contribution in [-0.4, -0.2) is 17.2 Å². The summed E-state index contributed by atoms with van der Waals surface area (Å²) >= 11 is 0. The van der Waals surface area contributed by atoms with Crippen molar-refractivity contribution >= 4 is 11.8 Å². The molecule has 1 aromatic rings. The molecule has 0 radical (unpaired) electrons. The molecule has 94 valence electrons. The van der Waals surface area contributed by atoms with Gasteiger partial charge in [0.1, 0.15) is 11.7 Å². The van der Waals surface area contributed by atoms with Gasteiger partial charge in [-0.1, -0.05) is 39.3 Å². The van der Waals surface area contributed by atoms with Crippen LogP contribution in [0, 0.1) is 5.41 Å². The summed E-state index contributed by atoms with van der Waals surface area (Å²) in [5.41, 5.74) is 1.22. The lowest BCUT2D eigenvalue weighted by atomic mass is 9.90. The average molecular weight is 237 g/mol. The maximum Gasteiger partial charge on any atom is 0.260 e. The highest BCUT2D eigenvalue weighted by atomic mass is 16.5. The van der Waals surface area contributed by atoms with Crippen LogP contribution in [0.15, 0.2) is 4.52 Å². The summed E-state index contributed by atoms with van der Waals surface area (Å²) in [6.45, 7) is 8.21. The highest BCUT2D eigenvalue weighted by Crippen LogP contribution is 2.30. The van der Waals surface area contributed by atoms with Gasteiger partial charge in [0.2, 0.25) is 5.88 Å². The third-order valence-electron chi connectivity index (χ3n) is 2.89. The van der Waals surface area contributed by atoms with Crippen molar-refractivity contribution in [1.82, 2.24) is 10.5 Å². The van der Waals surface area contributed by atoms with Crippen LogP contribution in [0.4, 0.5) is 5.88 Å². The normalized spacial score (nSPS) is 19.5. The van der Waals surface area contributed by atoms with Crippen molar-refractivity contribution < 1.29 is 9.32 Å². The van der Waals surface area contributed by atoms with Gasteiger partial charge in [0, 0.05) is 5.41 Å². The van der Waals surface area contributed by atoms with Gasteiger partial charge in [0.15, 0.2) is 0 Å². The zero-order chi connectivity index (χ0) is 12.6. The van der Waals surface area contributed by atoms with E-state index in [2.05, 4.69) is 36.6 Å². The molecule has 0 aromatic carbocycles. The second-order valence-electron chi connectivity index (χ2n) is 5.50. The Balaban J connectivity index is 2.30. The molecule has 0 spiro atoms. The lowest BCUT2D eigenvalue weighted by Gasteiger charge is -2.34. The number of aryl methyl sites for hydroxylation is 1. The van der Waals surface area contributed by atoms with Gasteiger partial charge in [-0.05, 0) is 6.42 Å². The van der Waals surface area contributed by atoms with E-state index in [9.17, 15) is 4.79 Å². The molecule has 1 aliphatic rings. The third-order valence-corrected chi connectivity index (χ3v) is 2.89. The minimum absolute atomic E-state index is 0.0783. The lowest BCUT2D eigenvalue weighted by molar-refractivity contribution is 0.0901. The minimum atomic E-state index is -0.134. The van der Waals surface area contributed by atoms with Gasteiger partial charge in [0.05, 0.1) is 5.69 Å². The van der Waals surface area contributed by atoms with Crippen molar-refractivity contribution in [3.05, 3.63) is 11.3 Å². The van der Waals surface area contributed by atoms with E-state index in [1.54, 1.807) is 0 Å². The third kappa shape index (κ3) is 2.14. The highest BCUT2D eigenvalue weighted by molar-refractivity contribution is 6.01. The molecule has 2 rings (SSSR count). The summed E-state index contributed by atoms with van der Waals surface area (Å²) < 4.78 is 5.21. The van der Waals surface area contributed by atoms with E-state index < -0.39 is 0 Å². The monoisotopic (exact) mass is 237 g/mol. The fourth-order valence-electron chi connectivity index (χ4n) is 1.87. The Kier molecular flexibility index (Phi) is 2.85. The van der Waals surface area contributed by atoms with Gasteiger partial charge in [-0.25, -0.2) is 0 Å². The summed E-state index contributed by atoms with van der Waals surface area (Å²) in [5.74, 6) is 0.403. The van der Waals surface area contributed by atoms with Crippen LogP contribution in [-0.2, 0) is 6.42 Å². The zero-order valence-electron chi connectivity index (χ0n) is 10.8. The second-order valence-corrected chi connectivity index (χ2v) is 5.50. The van der Waals surface area contributed by atoms with E-state index in [1.807, 2.05) is 6.92 Å².